The molecule has 0 saturated carbocycles. The summed E-state index contributed by atoms with van der Waals surface area (Å²) < 4.78 is 4.42. The van der Waals surface area contributed by atoms with Crippen molar-refractivity contribution in [2.45, 2.75) is 13.8 Å². The second-order valence-electron chi connectivity index (χ2n) is 7.08. The van der Waals surface area contributed by atoms with Crippen molar-refractivity contribution in [1.82, 2.24) is 0 Å². The number of pyridine rings is 2. The minimum absolute atomic E-state index is 1.23. The van der Waals surface area contributed by atoms with Gasteiger partial charge in [-0.05, 0) is 54.6 Å². The van der Waals surface area contributed by atoms with Gasteiger partial charge in [-0.2, -0.15) is 0 Å². The molecule has 4 rings (SSSR count). The Hall–Kier alpha value is -3.00. The molecule has 128 valence electrons. The van der Waals surface area contributed by atoms with Crippen LogP contribution in [0.1, 0.15) is 11.1 Å². The highest BCUT2D eigenvalue weighted by Gasteiger charge is 2.20. The maximum Gasteiger partial charge on any atom is 0.213 e. The fraction of sp³-hybridized carbons (Fsp3) is 0.167. The SMILES string of the molecule is Cc1cc(-c2cccc[n+]2C)c(C)c(-c2cc3ccccc3c[n+]2C)c1. The van der Waals surface area contributed by atoms with Gasteiger partial charge in [-0.1, -0.05) is 18.2 Å². The fourth-order valence-electron chi connectivity index (χ4n) is 3.75. The highest BCUT2D eigenvalue weighted by molar-refractivity contribution is 5.85. The summed E-state index contributed by atoms with van der Waals surface area (Å²) in [5.74, 6) is 0. The maximum absolute atomic E-state index is 2.30. The van der Waals surface area contributed by atoms with Crippen molar-refractivity contribution < 1.29 is 9.13 Å². The van der Waals surface area contributed by atoms with Gasteiger partial charge in [-0.3, -0.25) is 0 Å². The second-order valence-corrected chi connectivity index (χ2v) is 7.08. The Labute approximate surface area is 155 Å². The van der Waals surface area contributed by atoms with Gasteiger partial charge in [-0.15, -0.1) is 0 Å². The van der Waals surface area contributed by atoms with Crippen molar-refractivity contribution in [3.63, 3.8) is 0 Å². The summed E-state index contributed by atoms with van der Waals surface area (Å²) in [6.45, 7) is 4.41. The Morgan fingerprint density at radius 2 is 1.31 bits per heavy atom. The van der Waals surface area contributed by atoms with Gasteiger partial charge in [0.15, 0.2) is 12.4 Å². The molecule has 0 radical (unpaired) electrons. The van der Waals surface area contributed by atoms with E-state index in [9.17, 15) is 0 Å². The van der Waals surface area contributed by atoms with Crippen LogP contribution in [-0.2, 0) is 14.1 Å². The van der Waals surface area contributed by atoms with Gasteiger partial charge < -0.3 is 0 Å². The van der Waals surface area contributed by atoms with E-state index in [-0.39, 0.29) is 0 Å². The Balaban J connectivity index is 1.99. The lowest BCUT2D eigenvalue weighted by atomic mass is 9.93. The van der Waals surface area contributed by atoms with Crippen LogP contribution in [0.15, 0.2) is 73.1 Å². The summed E-state index contributed by atoms with van der Waals surface area (Å²) in [5.41, 5.74) is 7.64. The Morgan fingerprint density at radius 1 is 0.654 bits per heavy atom. The quantitative estimate of drug-likeness (QED) is 0.477. The molecule has 2 heterocycles. The largest absolute Gasteiger partial charge is 0.213 e. The molecule has 4 aromatic rings. The molecule has 0 amide bonds. The molecule has 0 atom stereocenters. The molecule has 0 aliphatic carbocycles. The first-order valence-corrected chi connectivity index (χ1v) is 8.99. The minimum Gasteiger partial charge on any atom is -0.201 e. The Kier molecular flexibility index (Phi) is 4.04. The van der Waals surface area contributed by atoms with Gasteiger partial charge >= 0.3 is 0 Å². The van der Waals surface area contributed by atoms with E-state index in [0.29, 0.717) is 0 Å². The molecule has 0 N–H and O–H groups in total. The van der Waals surface area contributed by atoms with Crippen LogP contribution >= 0.6 is 0 Å². The molecular formula is C24H24N2+2. The van der Waals surface area contributed by atoms with Crippen LogP contribution in [0.2, 0.25) is 0 Å². The zero-order valence-electron chi connectivity index (χ0n) is 15.8. The average molecular weight is 340 g/mol. The summed E-state index contributed by atoms with van der Waals surface area (Å²) in [6.07, 6.45) is 4.32. The molecule has 0 bridgehead atoms. The van der Waals surface area contributed by atoms with Gasteiger partial charge in [0.05, 0.1) is 11.1 Å². The molecule has 2 nitrogen and oxygen atoms in total. The van der Waals surface area contributed by atoms with E-state index in [4.69, 9.17) is 0 Å². The zero-order chi connectivity index (χ0) is 18.3. The number of hydrogen-bond donors (Lipinski definition) is 0. The molecule has 2 aromatic carbocycles. The van der Waals surface area contributed by atoms with Gasteiger partial charge in [0.2, 0.25) is 11.4 Å². The predicted molar refractivity (Wildman–Crippen MR) is 107 cm³/mol. The molecule has 0 fully saturated rings. The van der Waals surface area contributed by atoms with Gasteiger partial charge in [0.25, 0.3) is 0 Å². The molecule has 2 aromatic heterocycles. The average Bonchev–Trinajstić information content (AvgIpc) is 2.63. The number of aryl methyl sites for hydroxylation is 3. The minimum atomic E-state index is 1.23. The highest BCUT2D eigenvalue weighted by Crippen LogP contribution is 2.31. The van der Waals surface area contributed by atoms with Crippen molar-refractivity contribution in [3.8, 4) is 22.5 Å². The summed E-state index contributed by atoms with van der Waals surface area (Å²) >= 11 is 0. The van der Waals surface area contributed by atoms with Crippen molar-refractivity contribution in [1.29, 1.82) is 0 Å². The van der Waals surface area contributed by atoms with Crippen molar-refractivity contribution >= 4 is 10.8 Å². The Bertz CT molecular complexity index is 1130. The van der Waals surface area contributed by atoms with E-state index >= 15 is 0 Å². The predicted octanol–water partition coefficient (Wildman–Crippen LogP) is 4.44. The monoisotopic (exact) mass is 340 g/mol. The Morgan fingerprint density at radius 3 is 2.04 bits per heavy atom. The van der Waals surface area contributed by atoms with Gasteiger partial charge in [0, 0.05) is 23.6 Å². The van der Waals surface area contributed by atoms with Gasteiger partial charge in [0.1, 0.15) is 14.1 Å². The van der Waals surface area contributed by atoms with E-state index in [1.165, 1.54) is 44.4 Å². The topological polar surface area (TPSA) is 7.76 Å². The molecule has 2 heteroatoms. The van der Waals surface area contributed by atoms with Crippen LogP contribution in [0.3, 0.4) is 0 Å². The first kappa shape index (κ1) is 16.5. The van der Waals surface area contributed by atoms with Crippen LogP contribution in [0, 0.1) is 13.8 Å². The molecule has 26 heavy (non-hydrogen) atoms. The first-order valence-electron chi connectivity index (χ1n) is 8.99. The van der Waals surface area contributed by atoms with Crippen LogP contribution in [0.4, 0.5) is 0 Å². The molecular weight excluding hydrogens is 316 g/mol. The smallest absolute Gasteiger partial charge is 0.201 e. The first-order chi connectivity index (χ1) is 12.5. The summed E-state index contributed by atoms with van der Waals surface area (Å²) in [5, 5.41) is 2.53. The van der Waals surface area contributed by atoms with Gasteiger partial charge in [-0.25, -0.2) is 9.13 Å². The van der Waals surface area contributed by atoms with Crippen LogP contribution in [0.25, 0.3) is 33.3 Å². The fourth-order valence-corrected chi connectivity index (χ4v) is 3.75. The number of hydrogen-bond acceptors (Lipinski definition) is 0. The van der Waals surface area contributed by atoms with Crippen molar-refractivity contribution in [2.75, 3.05) is 0 Å². The van der Waals surface area contributed by atoms with Crippen LogP contribution < -0.4 is 9.13 Å². The maximum atomic E-state index is 2.30. The number of aromatic nitrogens is 2. The second kappa shape index (κ2) is 6.38. The van der Waals surface area contributed by atoms with E-state index in [1.807, 2.05) is 0 Å². The lowest BCUT2D eigenvalue weighted by molar-refractivity contribution is -0.660. The molecule has 0 saturated heterocycles. The van der Waals surface area contributed by atoms with Crippen LogP contribution in [-0.4, -0.2) is 0 Å². The number of benzene rings is 2. The van der Waals surface area contributed by atoms with Crippen LogP contribution in [0.5, 0.6) is 0 Å². The standard InChI is InChI=1S/C24H24N2/c1-17-13-21(23-11-7-8-12-25(23)3)18(2)22(14-17)24-15-19-9-5-6-10-20(19)16-26(24)4/h5-16H,1-4H3/q+2. The summed E-state index contributed by atoms with van der Waals surface area (Å²) in [7, 11) is 4.23. The summed E-state index contributed by atoms with van der Waals surface area (Å²) in [6, 6.07) is 21.8. The number of fused-ring (bicyclic) bond motifs is 1. The van der Waals surface area contributed by atoms with E-state index < -0.39 is 0 Å². The number of nitrogens with zero attached hydrogens (tertiary/aromatic N) is 2. The third-order valence-electron chi connectivity index (χ3n) is 5.16. The highest BCUT2D eigenvalue weighted by atomic mass is 14.9. The lowest BCUT2D eigenvalue weighted by Crippen LogP contribution is -2.31. The molecule has 0 unspecified atom stereocenters. The van der Waals surface area contributed by atoms with Crippen molar-refractivity contribution in [3.05, 3.63) is 84.2 Å². The molecule has 0 spiro atoms. The third-order valence-corrected chi connectivity index (χ3v) is 5.16. The molecule has 0 aliphatic heterocycles. The van der Waals surface area contributed by atoms with E-state index in [0.717, 1.165) is 0 Å². The van der Waals surface area contributed by atoms with Crippen molar-refractivity contribution in [2.24, 2.45) is 14.1 Å². The molecule has 0 aliphatic rings. The normalized spacial score (nSPS) is 11.1. The third kappa shape index (κ3) is 2.78. The van der Waals surface area contributed by atoms with E-state index in [2.05, 4.69) is 110 Å². The lowest BCUT2D eigenvalue weighted by Gasteiger charge is -2.11. The zero-order valence-corrected chi connectivity index (χ0v) is 15.8. The number of rotatable bonds is 2. The summed E-state index contributed by atoms with van der Waals surface area (Å²) in [4.78, 5) is 0. The van der Waals surface area contributed by atoms with E-state index in [1.54, 1.807) is 0 Å².